The minimum atomic E-state index is -3.74. The molecule has 0 aliphatic rings. The van der Waals surface area contributed by atoms with Gasteiger partial charge in [0.25, 0.3) is 0 Å². The summed E-state index contributed by atoms with van der Waals surface area (Å²) in [5, 5.41) is 0. The second-order valence-corrected chi connectivity index (χ2v) is 7.41. The zero-order valence-electron chi connectivity index (χ0n) is 14.8. The molecule has 0 aromatic heterocycles. The van der Waals surface area contributed by atoms with Crippen LogP contribution < -0.4 is 9.47 Å². The molecule has 0 bridgehead atoms. The van der Waals surface area contributed by atoms with Gasteiger partial charge in [-0.15, -0.1) is 0 Å². The molecular formula is C18H21NO6S. The largest absolute Gasteiger partial charge is 0.497 e. The van der Waals surface area contributed by atoms with Gasteiger partial charge in [-0.05, 0) is 42.5 Å². The number of carbonyl (C=O) groups excluding carboxylic acids is 1. The van der Waals surface area contributed by atoms with Gasteiger partial charge in [0, 0.05) is 13.6 Å². The van der Waals surface area contributed by atoms with Crippen molar-refractivity contribution in [2.24, 2.45) is 0 Å². The highest BCUT2D eigenvalue weighted by atomic mass is 32.2. The van der Waals surface area contributed by atoms with Crippen LogP contribution in [-0.2, 0) is 14.8 Å². The smallest absolute Gasteiger partial charge is 0.337 e. The Morgan fingerprint density at radius 1 is 1.04 bits per heavy atom. The minimum absolute atomic E-state index is 0.0207. The fraction of sp³-hybridized carbons (Fsp3) is 0.278. The molecule has 140 valence electrons. The Morgan fingerprint density at radius 3 is 2.31 bits per heavy atom. The summed E-state index contributed by atoms with van der Waals surface area (Å²) in [5.74, 6) is 0.736. The van der Waals surface area contributed by atoms with Crippen molar-refractivity contribution >= 4 is 16.0 Å². The van der Waals surface area contributed by atoms with Crippen LogP contribution in [0.15, 0.2) is 53.4 Å². The molecule has 2 aromatic rings. The molecule has 0 unspecified atom stereocenters. The predicted molar refractivity (Wildman–Crippen MR) is 96.1 cm³/mol. The van der Waals surface area contributed by atoms with Gasteiger partial charge >= 0.3 is 5.97 Å². The van der Waals surface area contributed by atoms with Crippen LogP contribution in [-0.4, -0.2) is 53.1 Å². The first kappa shape index (κ1) is 19.7. The Hall–Kier alpha value is -2.58. The number of hydrogen-bond donors (Lipinski definition) is 0. The molecule has 26 heavy (non-hydrogen) atoms. The molecule has 0 aliphatic heterocycles. The lowest BCUT2D eigenvalue weighted by Crippen LogP contribution is -2.31. The molecule has 0 saturated carbocycles. The van der Waals surface area contributed by atoms with E-state index in [2.05, 4.69) is 4.74 Å². The van der Waals surface area contributed by atoms with Gasteiger partial charge in [-0.3, -0.25) is 0 Å². The lowest BCUT2D eigenvalue weighted by molar-refractivity contribution is 0.0600. The van der Waals surface area contributed by atoms with Gasteiger partial charge in [0.1, 0.15) is 18.1 Å². The summed E-state index contributed by atoms with van der Waals surface area (Å²) >= 11 is 0. The van der Waals surface area contributed by atoms with Gasteiger partial charge in [-0.1, -0.05) is 6.07 Å². The number of ether oxygens (including phenoxy) is 3. The predicted octanol–water partition coefficient (Wildman–Crippen LogP) is 2.18. The number of carbonyl (C=O) groups is 1. The van der Waals surface area contributed by atoms with Crippen LogP contribution in [0.1, 0.15) is 10.4 Å². The second-order valence-electron chi connectivity index (χ2n) is 5.37. The Balaban J connectivity index is 2.01. The van der Waals surface area contributed by atoms with Gasteiger partial charge < -0.3 is 14.2 Å². The Labute approximate surface area is 153 Å². The first-order valence-electron chi connectivity index (χ1n) is 7.80. The van der Waals surface area contributed by atoms with Gasteiger partial charge in [-0.2, -0.15) is 4.31 Å². The summed E-state index contributed by atoms with van der Waals surface area (Å²) in [6, 6.07) is 12.7. The topological polar surface area (TPSA) is 82.1 Å². The van der Waals surface area contributed by atoms with Crippen molar-refractivity contribution in [3.05, 3.63) is 54.1 Å². The van der Waals surface area contributed by atoms with Gasteiger partial charge in [0.05, 0.1) is 24.7 Å². The Bertz CT molecular complexity index is 848. The monoisotopic (exact) mass is 379 g/mol. The maximum atomic E-state index is 12.6. The molecule has 0 fully saturated rings. The number of esters is 1. The number of sulfonamides is 1. The first-order chi connectivity index (χ1) is 12.4. The third-order valence-electron chi connectivity index (χ3n) is 3.70. The van der Waals surface area contributed by atoms with Crippen LogP contribution in [0.25, 0.3) is 0 Å². The molecular weight excluding hydrogens is 358 g/mol. The zero-order valence-corrected chi connectivity index (χ0v) is 15.7. The van der Waals surface area contributed by atoms with E-state index < -0.39 is 16.0 Å². The molecule has 8 heteroatoms. The van der Waals surface area contributed by atoms with Crippen LogP contribution in [0.4, 0.5) is 0 Å². The van der Waals surface area contributed by atoms with E-state index in [1.165, 1.54) is 42.7 Å². The molecule has 0 spiro atoms. The van der Waals surface area contributed by atoms with Crippen LogP contribution in [0.2, 0.25) is 0 Å². The summed E-state index contributed by atoms with van der Waals surface area (Å²) < 4.78 is 41.7. The normalized spacial score (nSPS) is 11.2. The summed E-state index contributed by atoms with van der Waals surface area (Å²) in [6.45, 7) is 0.329. The van der Waals surface area contributed by atoms with E-state index in [0.717, 1.165) is 0 Å². The standard InChI is InChI=1S/C18H21NO6S/c1-19(11-12-25-16-9-7-15(23-2)8-10-16)26(21,22)17-6-4-5-14(13-17)18(20)24-3/h4-10,13H,11-12H2,1-3H3. The number of likely N-dealkylation sites (N-methyl/N-ethyl adjacent to an activating group) is 1. The van der Waals surface area contributed by atoms with Crippen LogP contribution in [0.3, 0.4) is 0 Å². The second kappa shape index (κ2) is 8.68. The van der Waals surface area contributed by atoms with Crippen LogP contribution in [0.5, 0.6) is 11.5 Å². The van der Waals surface area contributed by atoms with Crippen molar-refractivity contribution in [3.63, 3.8) is 0 Å². The molecule has 2 rings (SSSR count). The van der Waals surface area contributed by atoms with Gasteiger partial charge in [0.15, 0.2) is 0 Å². The number of methoxy groups -OCH3 is 2. The highest BCUT2D eigenvalue weighted by Crippen LogP contribution is 2.18. The van der Waals surface area contributed by atoms with E-state index >= 15 is 0 Å². The number of nitrogens with zero attached hydrogens (tertiary/aromatic N) is 1. The number of hydrogen-bond acceptors (Lipinski definition) is 6. The molecule has 0 radical (unpaired) electrons. The molecule has 0 heterocycles. The van der Waals surface area contributed by atoms with Crippen molar-refractivity contribution in [1.29, 1.82) is 0 Å². The minimum Gasteiger partial charge on any atom is -0.497 e. The average molecular weight is 379 g/mol. The van der Waals surface area contributed by atoms with Crippen molar-refractivity contribution < 1.29 is 27.4 Å². The molecule has 0 N–H and O–H groups in total. The molecule has 2 aromatic carbocycles. The quantitative estimate of drug-likeness (QED) is 0.654. The molecule has 0 aliphatic carbocycles. The maximum absolute atomic E-state index is 12.6. The summed E-state index contributed by atoms with van der Waals surface area (Å²) in [7, 11) is 0.530. The summed E-state index contributed by atoms with van der Waals surface area (Å²) in [6.07, 6.45) is 0. The molecule has 0 saturated heterocycles. The highest BCUT2D eigenvalue weighted by Gasteiger charge is 2.22. The lowest BCUT2D eigenvalue weighted by atomic mass is 10.2. The van der Waals surface area contributed by atoms with E-state index in [1.807, 2.05) is 0 Å². The van der Waals surface area contributed by atoms with Crippen LogP contribution in [0, 0.1) is 0 Å². The summed E-state index contributed by atoms with van der Waals surface area (Å²) in [4.78, 5) is 11.6. The van der Waals surface area contributed by atoms with E-state index in [9.17, 15) is 13.2 Å². The van der Waals surface area contributed by atoms with Crippen molar-refractivity contribution in [3.8, 4) is 11.5 Å². The van der Waals surface area contributed by atoms with E-state index in [1.54, 1.807) is 31.4 Å². The van der Waals surface area contributed by atoms with E-state index in [0.29, 0.717) is 11.5 Å². The first-order valence-corrected chi connectivity index (χ1v) is 9.24. The lowest BCUT2D eigenvalue weighted by Gasteiger charge is -2.18. The third kappa shape index (κ3) is 4.74. The third-order valence-corrected chi connectivity index (χ3v) is 5.55. The van der Waals surface area contributed by atoms with Crippen LogP contribution >= 0.6 is 0 Å². The molecule has 0 atom stereocenters. The fourth-order valence-electron chi connectivity index (χ4n) is 2.17. The van der Waals surface area contributed by atoms with Crippen molar-refractivity contribution in [2.75, 3.05) is 34.4 Å². The maximum Gasteiger partial charge on any atom is 0.337 e. The van der Waals surface area contributed by atoms with Crippen molar-refractivity contribution in [1.82, 2.24) is 4.31 Å². The molecule has 7 nitrogen and oxygen atoms in total. The Kier molecular flexibility index (Phi) is 6.59. The molecule has 0 amide bonds. The average Bonchev–Trinajstić information content (AvgIpc) is 2.67. The van der Waals surface area contributed by atoms with Gasteiger partial charge in [-0.25, -0.2) is 13.2 Å². The van der Waals surface area contributed by atoms with Gasteiger partial charge in [0.2, 0.25) is 10.0 Å². The van der Waals surface area contributed by atoms with E-state index in [4.69, 9.17) is 9.47 Å². The number of rotatable bonds is 8. The van der Waals surface area contributed by atoms with Crippen molar-refractivity contribution in [2.45, 2.75) is 4.90 Å². The zero-order chi connectivity index (χ0) is 19.2. The fourth-order valence-corrected chi connectivity index (χ4v) is 3.37. The Morgan fingerprint density at radius 2 is 1.69 bits per heavy atom. The van der Waals surface area contributed by atoms with E-state index in [-0.39, 0.29) is 23.6 Å². The SMILES string of the molecule is COC(=O)c1cccc(S(=O)(=O)N(C)CCOc2ccc(OC)cc2)c1. The highest BCUT2D eigenvalue weighted by molar-refractivity contribution is 7.89. The number of benzene rings is 2. The summed E-state index contributed by atoms with van der Waals surface area (Å²) in [5.41, 5.74) is 0.177.